The van der Waals surface area contributed by atoms with Gasteiger partial charge in [0.2, 0.25) is 16.1 Å². The van der Waals surface area contributed by atoms with Gasteiger partial charge < -0.3 is 24.5 Å². The van der Waals surface area contributed by atoms with E-state index in [9.17, 15) is 8.42 Å². The Morgan fingerprint density at radius 3 is 2.38 bits per heavy atom. The molecule has 2 aliphatic rings. The van der Waals surface area contributed by atoms with Crippen LogP contribution in [-0.2, 0) is 24.3 Å². The van der Waals surface area contributed by atoms with Gasteiger partial charge >= 0.3 is 0 Å². The van der Waals surface area contributed by atoms with Crippen LogP contribution in [0, 0.1) is 5.82 Å². The van der Waals surface area contributed by atoms with E-state index in [1.165, 1.54) is 30.6 Å². The summed E-state index contributed by atoms with van der Waals surface area (Å²) in [6.07, 6.45) is 0.593. The summed E-state index contributed by atoms with van der Waals surface area (Å²) in [7, 11) is -4.20. The first-order valence-corrected chi connectivity index (χ1v) is 13.1. The van der Waals surface area contributed by atoms with E-state index in [-0.39, 0.29) is 27.5 Å². The molecule has 4 aromatic rings. The van der Waals surface area contributed by atoms with Gasteiger partial charge in [0.1, 0.15) is 11.6 Å². The van der Waals surface area contributed by atoms with Gasteiger partial charge in [-0.1, -0.05) is 36.4 Å². The summed E-state index contributed by atoms with van der Waals surface area (Å²) in [6, 6.07) is 22.8. The van der Waals surface area contributed by atoms with Crippen molar-refractivity contribution >= 4 is 27.6 Å². The monoisotopic (exact) mass is 519 g/mol. The molecule has 3 heterocycles. The fourth-order valence-corrected chi connectivity index (χ4v) is 6.20. The number of halogens is 1. The van der Waals surface area contributed by atoms with E-state index in [1.807, 2.05) is 6.07 Å². The number of hydrogen-bond acceptors (Lipinski definition) is 8. The van der Waals surface area contributed by atoms with E-state index in [1.54, 1.807) is 54.6 Å². The molecule has 0 aliphatic carbocycles. The van der Waals surface area contributed by atoms with Crippen LogP contribution in [0.3, 0.4) is 0 Å². The zero-order valence-corrected chi connectivity index (χ0v) is 20.2. The van der Waals surface area contributed by atoms with Crippen molar-refractivity contribution in [3.05, 3.63) is 102 Å². The van der Waals surface area contributed by atoms with Gasteiger partial charge in [-0.25, -0.2) is 17.8 Å². The molecule has 10 heteroatoms. The highest BCUT2D eigenvalue weighted by Gasteiger charge is 2.50. The average Bonchev–Trinajstić information content (AvgIpc) is 3.62. The van der Waals surface area contributed by atoms with Crippen molar-refractivity contribution < 1.29 is 26.7 Å². The van der Waals surface area contributed by atoms with Gasteiger partial charge in [0, 0.05) is 11.3 Å². The Hall–Kier alpha value is -3.99. The lowest BCUT2D eigenvalue weighted by Crippen LogP contribution is -2.44. The Balaban J connectivity index is 1.54. The third-order valence-electron chi connectivity index (χ3n) is 6.21. The zero-order valence-electron chi connectivity index (χ0n) is 19.4. The number of benzene rings is 3. The van der Waals surface area contributed by atoms with Gasteiger partial charge in [0.25, 0.3) is 4.99 Å². The SMILES string of the molecule is O=S(=O)(c1ccccc1)C1(Nc2ccccc2)N=CNc2cc(F)c(-c3ccc(C4OCCO4)o3)cc21. The molecular formula is C27H22FN3O5S. The first kappa shape index (κ1) is 23.4. The maximum Gasteiger partial charge on any atom is 0.267 e. The predicted octanol–water partition coefficient (Wildman–Crippen LogP) is 5.28. The fraction of sp³-hybridized carbons (Fsp3) is 0.148. The Morgan fingerprint density at radius 1 is 0.946 bits per heavy atom. The molecule has 0 radical (unpaired) electrons. The first-order chi connectivity index (χ1) is 18.0. The standard InChI is InChI=1S/C27H22FN3O5S/c28-22-16-23-21(15-20(22)24-11-12-25(36-24)26-34-13-14-35-26)27(30-17-29-23,31-18-7-3-1-4-8-18)37(32,33)19-9-5-2-6-10-19/h1-12,15-17,26,31H,13-14H2,(H,29,30). The maximum absolute atomic E-state index is 15.4. The lowest BCUT2D eigenvalue weighted by Gasteiger charge is -2.35. The second-order valence-electron chi connectivity index (χ2n) is 8.51. The molecule has 1 aromatic heterocycles. The summed E-state index contributed by atoms with van der Waals surface area (Å²) in [4.78, 5) is 2.52. The quantitative estimate of drug-likeness (QED) is 0.357. The number of para-hydroxylation sites is 1. The van der Waals surface area contributed by atoms with Crippen molar-refractivity contribution in [3.8, 4) is 11.3 Å². The molecule has 0 bridgehead atoms. The molecule has 1 unspecified atom stereocenters. The molecule has 3 aromatic carbocycles. The fourth-order valence-electron chi connectivity index (χ4n) is 4.44. The summed E-state index contributed by atoms with van der Waals surface area (Å²) < 4.78 is 60.6. The third kappa shape index (κ3) is 3.99. The number of anilines is 2. The summed E-state index contributed by atoms with van der Waals surface area (Å²) in [5, 5.41) is 6.01. The molecule has 1 saturated heterocycles. The van der Waals surface area contributed by atoms with Gasteiger partial charge in [-0.05, 0) is 48.5 Å². The number of fused-ring (bicyclic) bond motifs is 1. The van der Waals surface area contributed by atoms with Crippen LogP contribution in [0.1, 0.15) is 17.6 Å². The number of sulfone groups is 1. The number of nitrogens with zero attached hydrogens (tertiary/aromatic N) is 1. The molecule has 0 spiro atoms. The largest absolute Gasteiger partial charge is 0.456 e. The van der Waals surface area contributed by atoms with Crippen molar-refractivity contribution in [3.63, 3.8) is 0 Å². The summed E-state index contributed by atoms with van der Waals surface area (Å²) in [5.41, 5.74) is 1.07. The summed E-state index contributed by atoms with van der Waals surface area (Å²) >= 11 is 0. The Morgan fingerprint density at radius 2 is 1.65 bits per heavy atom. The Kier molecular flexibility index (Phi) is 5.79. The van der Waals surface area contributed by atoms with E-state index >= 15 is 4.39 Å². The molecule has 0 amide bonds. The molecular weight excluding hydrogens is 497 g/mol. The minimum absolute atomic E-state index is 0.0603. The third-order valence-corrected chi connectivity index (χ3v) is 8.31. The Bertz CT molecular complexity index is 1570. The molecule has 6 rings (SSSR count). The van der Waals surface area contributed by atoms with Crippen LogP contribution in [0.2, 0.25) is 0 Å². The molecule has 0 saturated carbocycles. The number of hydrogen-bond donors (Lipinski definition) is 2. The minimum Gasteiger partial charge on any atom is -0.456 e. The van der Waals surface area contributed by atoms with Gasteiger partial charge in [0.15, 0.2) is 5.76 Å². The zero-order chi connectivity index (χ0) is 25.5. The van der Waals surface area contributed by atoms with E-state index in [0.717, 1.165) is 0 Å². The highest BCUT2D eigenvalue weighted by Crippen LogP contribution is 2.45. The number of rotatable bonds is 6. The molecule has 188 valence electrons. The van der Waals surface area contributed by atoms with Crippen molar-refractivity contribution in [2.75, 3.05) is 23.8 Å². The second kappa shape index (κ2) is 9.15. The highest BCUT2D eigenvalue weighted by atomic mass is 32.2. The number of aliphatic imine (C=N–C) groups is 1. The number of nitrogens with one attached hydrogen (secondary N) is 2. The normalized spacial score (nSPS) is 19.4. The number of ether oxygens (including phenoxy) is 2. The van der Waals surface area contributed by atoms with Crippen LogP contribution in [-0.4, -0.2) is 28.0 Å². The van der Waals surface area contributed by atoms with Gasteiger partial charge in [-0.15, -0.1) is 0 Å². The topological polar surface area (TPSA) is 102 Å². The van der Waals surface area contributed by atoms with Gasteiger partial charge in [-0.2, -0.15) is 0 Å². The van der Waals surface area contributed by atoms with Crippen LogP contribution in [0.25, 0.3) is 11.3 Å². The van der Waals surface area contributed by atoms with E-state index < -0.39 is 26.9 Å². The van der Waals surface area contributed by atoms with Crippen molar-refractivity contribution in [1.82, 2.24) is 0 Å². The van der Waals surface area contributed by atoms with Gasteiger partial charge in [-0.3, -0.25) is 0 Å². The number of furan rings is 1. The molecule has 1 fully saturated rings. The highest BCUT2D eigenvalue weighted by molar-refractivity contribution is 7.92. The summed E-state index contributed by atoms with van der Waals surface area (Å²) in [6.45, 7) is 0.866. The lowest BCUT2D eigenvalue weighted by molar-refractivity contribution is -0.0585. The van der Waals surface area contributed by atoms with Crippen LogP contribution in [0.4, 0.5) is 15.8 Å². The van der Waals surface area contributed by atoms with E-state index in [4.69, 9.17) is 13.9 Å². The average molecular weight is 520 g/mol. The van der Waals surface area contributed by atoms with E-state index in [2.05, 4.69) is 15.6 Å². The van der Waals surface area contributed by atoms with Crippen molar-refractivity contribution in [1.29, 1.82) is 0 Å². The van der Waals surface area contributed by atoms with Crippen molar-refractivity contribution in [2.45, 2.75) is 16.2 Å². The second-order valence-corrected chi connectivity index (χ2v) is 10.6. The first-order valence-electron chi connectivity index (χ1n) is 11.6. The molecule has 8 nitrogen and oxygen atoms in total. The lowest BCUT2D eigenvalue weighted by atomic mass is 10.0. The van der Waals surface area contributed by atoms with Crippen LogP contribution in [0.5, 0.6) is 0 Å². The predicted molar refractivity (Wildman–Crippen MR) is 136 cm³/mol. The van der Waals surface area contributed by atoms with Crippen LogP contribution in [0.15, 0.2) is 99.2 Å². The molecule has 2 N–H and O–H groups in total. The van der Waals surface area contributed by atoms with Crippen molar-refractivity contribution in [2.24, 2.45) is 4.99 Å². The van der Waals surface area contributed by atoms with E-state index in [0.29, 0.717) is 24.7 Å². The van der Waals surface area contributed by atoms with Gasteiger partial charge in [0.05, 0.1) is 35.7 Å². The summed E-state index contributed by atoms with van der Waals surface area (Å²) in [5.74, 6) is 0.00227. The molecule has 37 heavy (non-hydrogen) atoms. The van der Waals surface area contributed by atoms with Crippen LogP contribution < -0.4 is 10.6 Å². The smallest absolute Gasteiger partial charge is 0.267 e. The maximum atomic E-state index is 15.4. The molecule has 1 atom stereocenters. The van der Waals surface area contributed by atoms with Crippen LogP contribution >= 0.6 is 0 Å². The minimum atomic E-state index is -4.20. The Labute approximate surface area is 212 Å². The molecule has 2 aliphatic heterocycles.